The van der Waals surface area contributed by atoms with Crippen LogP contribution in [0.1, 0.15) is 5.56 Å². The Labute approximate surface area is 117 Å². The number of nitrogens with one attached hydrogen (secondary N) is 1. The predicted molar refractivity (Wildman–Crippen MR) is 71.8 cm³/mol. The Morgan fingerprint density at radius 2 is 2.26 bits per heavy atom. The second-order valence-electron chi connectivity index (χ2n) is 3.53. The highest BCUT2D eigenvalue weighted by atomic mass is 35.5. The van der Waals surface area contributed by atoms with Crippen LogP contribution in [-0.2, 0) is 0 Å². The van der Waals surface area contributed by atoms with Crippen LogP contribution in [0.15, 0.2) is 28.2 Å². The highest BCUT2D eigenvalue weighted by molar-refractivity contribution is 7.98. The van der Waals surface area contributed by atoms with Gasteiger partial charge in [-0.15, -0.1) is 0 Å². The second kappa shape index (κ2) is 5.43. The minimum Gasteiger partial charge on any atom is -0.300 e. The van der Waals surface area contributed by atoms with Gasteiger partial charge < -0.3 is 4.98 Å². The zero-order chi connectivity index (χ0) is 14.0. The van der Waals surface area contributed by atoms with Crippen molar-refractivity contribution in [2.45, 2.75) is 5.16 Å². The van der Waals surface area contributed by atoms with E-state index in [9.17, 15) is 9.18 Å². The molecule has 0 saturated heterocycles. The molecule has 96 valence electrons. The lowest BCUT2D eigenvalue weighted by Crippen LogP contribution is -2.15. The van der Waals surface area contributed by atoms with Gasteiger partial charge in [0.25, 0.3) is 5.56 Å². The van der Waals surface area contributed by atoms with Crippen LogP contribution in [0, 0.1) is 17.1 Å². The molecule has 4 nitrogen and oxygen atoms in total. The van der Waals surface area contributed by atoms with Crippen molar-refractivity contribution in [3.63, 3.8) is 0 Å². The molecule has 0 bridgehead atoms. The van der Waals surface area contributed by atoms with E-state index in [0.717, 1.165) is 6.07 Å². The first-order valence-corrected chi connectivity index (χ1v) is 6.71. The number of hydrogen-bond acceptors (Lipinski definition) is 4. The van der Waals surface area contributed by atoms with Gasteiger partial charge in [-0.3, -0.25) is 4.79 Å². The molecule has 1 aromatic heterocycles. The Balaban J connectivity index is 2.77. The van der Waals surface area contributed by atoms with E-state index < -0.39 is 11.4 Å². The van der Waals surface area contributed by atoms with Crippen molar-refractivity contribution < 1.29 is 4.39 Å². The number of aromatic amines is 1. The van der Waals surface area contributed by atoms with Gasteiger partial charge in [-0.05, 0) is 24.5 Å². The Kier molecular flexibility index (Phi) is 3.88. The monoisotopic (exact) mass is 295 g/mol. The van der Waals surface area contributed by atoms with E-state index in [4.69, 9.17) is 16.9 Å². The van der Waals surface area contributed by atoms with Crippen LogP contribution in [0.25, 0.3) is 11.3 Å². The van der Waals surface area contributed by atoms with E-state index in [0.29, 0.717) is 5.16 Å². The van der Waals surface area contributed by atoms with Crippen LogP contribution in [0.4, 0.5) is 4.39 Å². The topological polar surface area (TPSA) is 69.5 Å². The van der Waals surface area contributed by atoms with Crippen molar-refractivity contribution >= 4 is 23.4 Å². The molecule has 0 radical (unpaired) electrons. The van der Waals surface area contributed by atoms with Crippen LogP contribution in [0.2, 0.25) is 5.02 Å². The molecule has 0 unspecified atom stereocenters. The van der Waals surface area contributed by atoms with Crippen molar-refractivity contribution in [3.8, 4) is 17.3 Å². The molecule has 0 aliphatic carbocycles. The zero-order valence-corrected chi connectivity index (χ0v) is 11.3. The number of hydrogen-bond donors (Lipinski definition) is 1. The van der Waals surface area contributed by atoms with Crippen LogP contribution in [0.3, 0.4) is 0 Å². The molecule has 1 N–H and O–H groups in total. The number of nitriles is 1. The molecular weight excluding hydrogens is 289 g/mol. The summed E-state index contributed by atoms with van der Waals surface area (Å²) in [6, 6.07) is 5.72. The van der Waals surface area contributed by atoms with Gasteiger partial charge in [0, 0.05) is 10.6 Å². The summed E-state index contributed by atoms with van der Waals surface area (Å²) in [4.78, 5) is 18.3. The summed E-state index contributed by atoms with van der Waals surface area (Å²) < 4.78 is 13.9. The third-order valence-electron chi connectivity index (χ3n) is 2.39. The summed E-state index contributed by atoms with van der Waals surface area (Å²) >= 11 is 6.87. The van der Waals surface area contributed by atoms with E-state index in [1.54, 1.807) is 12.3 Å². The first-order valence-electron chi connectivity index (χ1n) is 5.10. The molecule has 0 aliphatic rings. The maximum atomic E-state index is 13.9. The van der Waals surface area contributed by atoms with Gasteiger partial charge in [0.15, 0.2) is 5.16 Å². The Morgan fingerprint density at radius 3 is 2.84 bits per heavy atom. The highest BCUT2D eigenvalue weighted by Gasteiger charge is 2.16. The SMILES string of the molecule is CSc1nc(-c2ccc(Cl)cc2F)c(C#N)c(=O)[nH]1. The molecule has 0 saturated carbocycles. The Hall–Kier alpha value is -1.84. The lowest BCUT2D eigenvalue weighted by atomic mass is 10.1. The smallest absolute Gasteiger partial charge is 0.270 e. The maximum Gasteiger partial charge on any atom is 0.270 e. The molecule has 0 amide bonds. The fourth-order valence-corrected chi connectivity index (χ4v) is 2.07. The fraction of sp³-hybridized carbons (Fsp3) is 0.0833. The summed E-state index contributed by atoms with van der Waals surface area (Å²) in [5.41, 5.74) is -0.725. The average molecular weight is 296 g/mol. The lowest BCUT2D eigenvalue weighted by molar-refractivity contribution is 0.630. The van der Waals surface area contributed by atoms with Crippen molar-refractivity contribution in [1.82, 2.24) is 9.97 Å². The normalized spacial score (nSPS) is 10.2. The first kappa shape index (κ1) is 13.6. The van der Waals surface area contributed by atoms with Gasteiger partial charge in [-0.1, -0.05) is 23.4 Å². The number of aromatic nitrogens is 2. The quantitative estimate of drug-likeness (QED) is 0.683. The minimum atomic E-state index is -0.630. The molecule has 1 aromatic carbocycles. The average Bonchev–Trinajstić information content (AvgIpc) is 2.37. The van der Waals surface area contributed by atoms with Gasteiger partial charge >= 0.3 is 0 Å². The lowest BCUT2D eigenvalue weighted by Gasteiger charge is -2.06. The van der Waals surface area contributed by atoms with E-state index in [1.807, 2.05) is 0 Å². The molecular formula is C12H7ClFN3OS. The third kappa shape index (κ3) is 2.62. The summed E-state index contributed by atoms with van der Waals surface area (Å²) in [7, 11) is 0. The van der Waals surface area contributed by atoms with E-state index in [-0.39, 0.29) is 21.8 Å². The maximum absolute atomic E-state index is 13.9. The number of benzene rings is 1. The summed E-state index contributed by atoms with van der Waals surface area (Å²) in [5, 5.41) is 9.55. The standard InChI is InChI=1S/C12H7ClFN3OS/c1-19-12-16-10(8(5-15)11(18)17-12)7-3-2-6(13)4-9(7)14/h2-4H,1H3,(H,16,17,18). The van der Waals surface area contributed by atoms with Gasteiger partial charge in [0.05, 0.1) is 5.69 Å². The van der Waals surface area contributed by atoms with Gasteiger partial charge in [-0.25, -0.2) is 9.37 Å². The largest absolute Gasteiger partial charge is 0.300 e. The van der Waals surface area contributed by atoms with Crippen LogP contribution < -0.4 is 5.56 Å². The second-order valence-corrected chi connectivity index (χ2v) is 4.77. The van der Waals surface area contributed by atoms with Crippen molar-refractivity contribution in [1.29, 1.82) is 5.26 Å². The predicted octanol–water partition coefficient (Wildman–Crippen LogP) is 2.82. The molecule has 0 atom stereocenters. The van der Waals surface area contributed by atoms with E-state index in [2.05, 4.69) is 9.97 Å². The number of halogens is 2. The molecule has 0 fully saturated rings. The van der Waals surface area contributed by atoms with Crippen LogP contribution >= 0.6 is 23.4 Å². The molecule has 2 aromatic rings. The summed E-state index contributed by atoms with van der Waals surface area (Å²) in [6.45, 7) is 0. The molecule has 0 aliphatic heterocycles. The van der Waals surface area contributed by atoms with Crippen molar-refractivity contribution in [2.75, 3.05) is 6.26 Å². The number of nitrogens with zero attached hydrogens (tertiary/aromatic N) is 2. The number of H-pyrrole nitrogens is 1. The summed E-state index contributed by atoms with van der Waals surface area (Å²) in [5.74, 6) is -0.630. The highest BCUT2D eigenvalue weighted by Crippen LogP contribution is 2.26. The Bertz CT molecular complexity index is 739. The third-order valence-corrected chi connectivity index (χ3v) is 3.20. The molecule has 7 heteroatoms. The van der Waals surface area contributed by atoms with Crippen LogP contribution in [-0.4, -0.2) is 16.2 Å². The van der Waals surface area contributed by atoms with Gasteiger partial charge in [0.2, 0.25) is 0 Å². The van der Waals surface area contributed by atoms with Gasteiger partial charge in [-0.2, -0.15) is 5.26 Å². The molecule has 1 heterocycles. The molecule has 0 spiro atoms. The molecule has 2 rings (SSSR count). The van der Waals surface area contributed by atoms with Crippen molar-refractivity contribution in [3.05, 3.63) is 45.0 Å². The number of rotatable bonds is 2. The fourth-order valence-electron chi connectivity index (χ4n) is 1.53. The number of thioether (sulfide) groups is 1. The Morgan fingerprint density at radius 1 is 1.53 bits per heavy atom. The minimum absolute atomic E-state index is 0.0183. The first-order chi connectivity index (χ1) is 9.06. The van der Waals surface area contributed by atoms with Crippen LogP contribution in [0.5, 0.6) is 0 Å². The van der Waals surface area contributed by atoms with Gasteiger partial charge in [0.1, 0.15) is 17.4 Å². The zero-order valence-electron chi connectivity index (χ0n) is 9.70. The van der Waals surface area contributed by atoms with E-state index in [1.165, 1.54) is 23.9 Å². The summed E-state index contributed by atoms with van der Waals surface area (Å²) in [6.07, 6.45) is 1.71. The van der Waals surface area contributed by atoms with Crippen molar-refractivity contribution in [2.24, 2.45) is 0 Å². The van der Waals surface area contributed by atoms with E-state index >= 15 is 0 Å². The molecule has 19 heavy (non-hydrogen) atoms.